The van der Waals surface area contributed by atoms with Crippen molar-refractivity contribution >= 4 is 27.5 Å². The maximum Gasteiger partial charge on any atom is 0.127 e. The molecule has 0 aliphatic heterocycles. The molecule has 0 amide bonds. The summed E-state index contributed by atoms with van der Waals surface area (Å²) < 4.78 is 13.9. The number of phenols is 1. The summed E-state index contributed by atoms with van der Waals surface area (Å²) >= 11 is 0. The number of nitrogens with zero attached hydrogens (tertiary/aromatic N) is 4. The summed E-state index contributed by atoms with van der Waals surface area (Å²) in [5.41, 5.74) is 12.0. The van der Waals surface area contributed by atoms with Crippen LogP contribution in [0.5, 0.6) is 5.75 Å². The van der Waals surface area contributed by atoms with Crippen LogP contribution in [0.2, 0.25) is 0 Å². The first-order valence-electron chi connectivity index (χ1n) is 10.1. The topological polar surface area (TPSA) is 129 Å². The van der Waals surface area contributed by atoms with E-state index in [1.807, 2.05) is 24.3 Å². The minimum atomic E-state index is -0.533. The number of fused-ring (bicyclic) bond motifs is 2. The summed E-state index contributed by atoms with van der Waals surface area (Å²) in [6.45, 7) is 0. The predicted molar refractivity (Wildman–Crippen MR) is 124 cm³/mol. The Kier molecular flexibility index (Phi) is 4.09. The molecule has 0 fully saturated rings. The van der Waals surface area contributed by atoms with E-state index in [2.05, 4.69) is 30.1 Å². The smallest absolute Gasteiger partial charge is 0.127 e. The Balaban J connectivity index is 1.51. The Labute approximate surface area is 186 Å². The van der Waals surface area contributed by atoms with E-state index in [4.69, 9.17) is 5.73 Å². The first-order chi connectivity index (χ1) is 16.0. The molecule has 8 nitrogen and oxygen atoms in total. The van der Waals surface area contributed by atoms with Crippen molar-refractivity contribution in [1.29, 1.82) is 0 Å². The lowest BCUT2D eigenvalue weighted by atomic mass is 10.1. The van der Waals surface area contributed by atoms with Gasteiger partial charge < -0.3 is 15.8 Å². The molecular weight excluding hydrogens is 421 g/mol. The number of phenolic OH excluding ortho intramolecular Hbond substituents is 1. The van der Waals surface area contributed by atoms with Crippen LogP contribution in [0.3, 0.4) is 0 Å². The lowest BCUT2D eigenvalue weighted by Crippen LogP contribution is -1.89. The largest absolute Gasteiger partial charge is 0.508 e. The van der Waals surface area contributed by atoms with E-state index in [9.17, 15) is 9.50 Å². The van der Waals surface area contributed by atoms with Crippen LogP contribution in [0.15, 0.2) is 67.3 Å². The molecule has 160 valence electrons. The van der Waals surface area contributed by atoms with Gasteiger partial charge in [-0.3, -0.25) is 20.1 Å². The molecule has 0 saturated carbocycles. The highest BCUT2D eigenvalue weighted by atomic mass is 19.1. The van der Waals surface area contributed by atoms with E-state index in [1.54, 1.807) is 24.8 Å². The van der Waals surface area contributed by atoms with Gasteiger partial charge in [0.05, 0.1) is 34.5 Å². The molecule has 0 spiro atoms. The maximum absolute atomic E-state index is 13.9. The van der Waals surface area contributed by atoms with Crippen molar-refractivity contribution in [2.24, 2.45) is 0 Å². The van der Waals surface area contributed by atoms with E-state index < -0.39 is 5.82 Å². The van der Waals surface area contributed by atoms with E-state index in [0.29, 0.717) is 22.6 Å². The van der Waals surface area contributed by atoms with Gasteiger partial charge in [0, 0.05) is 52.1 Å². The van der Waals surface area contributed by atoms with Crippen molar-refractivity contribution in [2.45, 2.75) is 0 Å². The second kappa shape index (κ2) is 7.13. The summed E-state index contributed by atoms with van der Waals surface area (Å²) in [6, 6.07) is 11.4. The molecule has 1 aromatic carbocycles. The van der Waals surface area contributed by atoms with Gasteiger partial charge in [-0.1, -0.05) is 0 Å². The lowest BCUT2D eigenvalue weighted by Gasteiger charge is -2.03. The van der Waals surface area contributed by atoms with Crippen LogP contribution >= 0.6 is 0 Å². The van der Waals surface area contributed by atoms with E-state index in [-0.39, 0.29) is 5.75 Å². The number of nitrogen functional groups attached to an aromatic ring is 1. The zero-order chi connectivity index (χ0) is 22.5. The number of aromatic nitrogens is 6. The molecule has 0 aliphatic carbocycles. The number of halogens is 1. The number of rotatable bonds is 3. The molecule has 0 saturated heterocycles. The van der Waals surface area contributed by atoms with Crippen molar-refractivity contribution in [3.8, 4) is 39.7 Å². The number of nitrogens with two attached hydrogens (primary N) is 1. The lowest BCUT2D eigenvalue weighted by molar-refractivity contribution is 0.469. The van der Waals surface area contributed by atoms with Crippen molar-refractivity contribution in [2.75, 3.05) is 5.73 Å². The highest BCUT2D eigenvalue weighted by Crippen LogP contribution is 2.34. The Bertz CT molecular complexity index is 1650. The molecular formula is C24H16FN7O. The molecule has 0 aliphatic rings. The SMILES string of the molecule is Nc1cncc(-c2cc3c(-c4cc5c(-c6cc(O)cc(F)c6)nccc5[nH]4)n[nH]c3cn2)c1. The third-order valence-corrected chi connectivity index (χ3v) is 5.46. The Morgan fingerprint density at radius 3 is 2.58 bits per heavy atom. The third kappa shape index (κ3) is 3.23. The summed E-state index contributed by atoms with van der Waals surface area (Å²) in [5.74, 6) is -0.692. The fraction of sp³-hybridized carbons (Fsp3) is 0. The standard InChI is InChI=1S/C24H16FN7O/c25-14-3-12(5-16(33)6-14)23-17-8-21(30-19(17)1-2-28-23)24-18-7-20(29-11-22(18)31-32-24)13-4-15(26)10-27-9-13/h1-11,30,33H,26H2,(H,31,32). The molecule has 5 N–H and O–H groups in total. The normalized spacial score (nSPS) is 11.4. The molecule has 6 aromatic rings. The second-order valence-electron chi connectivity index (χ2n) is 7.70. The average Bonchev–Trinajstić information content (AvgIpc) is 3.41. The van der Waals surface area contributed by atoms with Gasteiger partial charge in [0.25, 0.3) is 0 Å². The Morgan fingerprint density at radius 1 is 0.848 bits per heavy atom. The third-order valence-electron chi connectivity index (χ3n) is 5.46. The number of hydrogen-bond acceptors (Lipinski definition) is 6. The van der Waals surface area contributed by atoms with Gasteiger partial charge in [0.1, 0.15) is 17.3 Å². The van der Waals surface area contributed by atoms with E-state index >= 15 is 0 Å². The van der Waals surface area contributed by atoms with Crippen LogP contribution in [-0.4, -0.2) is 35.2 Å². The highest BCUT2D eigenvalue weighted by molar-refractivity contribution is 6.00. The zero-order valence-corrected chi connectivity index (χ0v) is 17.0. The molecule has 5 heterocycles. The zero-order valence-electron chi connectivity index (χ0n) is 17.0. The molecule has 0 unspecified atom stereocenters. The number of H-pyrrole nitrogens is 2. The van der Waals surface area contributed by atoms with Gasteiger partial charge in [-0.2, -0.15) is 5.10 Å². The Morgan fingerprint density at radius 2 is 1.73 bits per heavy atom. The maximum atomic E-state index is 13.9. The fourth-order valence-electron chi connectivity index (χ4n) is 4.00. The number of benzene rings is 1. The number of anilines is 1. The van der Waals surface area contributed by atoms with Crippen molar-refractivity contribution in [3.63, 3.8) is 0 Å². The molecule has 0 atom stereocenters. The van der Waals surface area contributed by atoms with E-state index in [0.717, 1.165) is 44.8 Å². The van der Waals surface area contributed by atoms with Gasteiger partial charge >= 0.3 is 0 Å². The van der Waals surface area contributed by atoms with Gasteiger partial charge in [0.15, 0.2) is 0 Å². The number of nitrogens with one attached hydrogen (secondary N) is 2. The Hall–Kier alpha value is -4.79. The minimum Gasteiger partial charge on any atom is -0.508 e. The minimum absolute atomic E-state index is 0.158. The average molecular weight is 437 g/mol. The van der Waals surface area contributed by atoms with Crippen LogP contribution in [0.25, 0.3) is 55.7 Å². The van der Waals surface area contributed by atoms with Crippen molar-refractivity contribution in [1.82, 2.24) is 30.1 Å². The van der Waals surface area contributed by atoms with Crippen LogP contribution in [-0.2, 0) is 0 Å². The first-order valence-corrected chi connectivity index (χ1v) is 10.1. The molecule has 0 bridgehead atoms. The summed E-state index contributed by atoms with van der Waals surface area (Å²) in [7, 11) is 0. The number of aromatic amines is 2. The molecule has 5 aromatic heterocycles. The number of hydrogen-bond donors (Lipinski definition) is 4. The fourth-order valence-corrected chi connectivity index (χ4v) is 4.00. The van der Waals surface area contributed by atoms with Crippen LogP contribution in [0, 0.1) is 5.82 Å². The van der Waals surface area contributed by atoms with Gasteiger partial charge in [-0.05, 0) is 36.4 Å². The number of aromatic hydroxyl groups is 1. The quantitative estimate of drug-likeness (QED) is 0.319. The second-order valence-corrected chi connectivity index (χ2v) is 7.70. The summed E-state index contributed by atoms with van der Waals surface area (Å²) in [6.07, 6.45) is 6.65. The van der Waals surface area contributed by atoms with Gasteiger partial charge in [0.2, 0.25) is 0 Å². The van der Waals surface area contributed by atoms with Crippen LogP contribution in [0.1, 0.15) is 0 Å². The highest BCUT2D eigenvalue weighted by Gasteiger charge is 2.16. The van der Waals surface area contributed by atoms with Gasteiger partial charge in [-0.25, -0.2) is 4.39 Å². The molecule has 33 heavy (non-hydrogen) atoms. The van der Waals surface area contributed by atoms with Crippen molar-refractivity contribution < 1.29 is 9.50 Å². The summed E-state index contributed by atoms with van der Waals surface area (Å²) in [4.78, 5) is 16.4. The first kappa shape index (κ1) is 18.9. The predicted octanol–water partition coefficient (Wildman–Crippen LogP) is 4.66. The molecule has 6 rings (SSSR count). The van der Waals surface area contributed by atoms with Crippen molar-refractivity contribution in [3.05, 3.63) is 73.1 Å². The molecule has 9 heteroatoms. The number of pyridine rings is 3. The van der Waals surface area contributed by atoms with Crippen LogP contribution in [0.4, 0.5) is 10.1 Å². The van der Waals surface area contributed by atoms with Gasteiger partial charge in [-0.15, -0.1) is 0 Å². The monoisotopic (exact) mass is 437 g/mol. The van der Waals surface area contributed by atoms with E-state index in [1.165, 1.54) is 12.1 Å². The summed E-state index contributed by atoms with van der Waals surface area (Å²) in [5, 5.41) is 19.0. The van der Waals surface area contributed by atoms with Crippen LogP contribution < -0.4 is 5.73 Å². The molecule has 0 radical (unpaired) electrons.